The first kappa shape index (κ1) is 14.8. The Kier molecular flexibility index (Phi) is 4.24. The maximum atomic E-state index is 12.6. The standard InChI is InChI=1S/C15H17N3O3S/c1-21-12-5-3-7-17(15(12)20)10-13(19)18-8-2-4-11(18)14-16-6-9-22-14/h3,5-7,9,11H,2,4,8,10H2,1H3. The van der Waals surface area contributed by atoms with Crippen LogP contribution in [0.1, 0.15) is 23.9 Å². The second kappa shape index (κ2) is 6.31. The predicted octanol–water partition coefficient (Wildman–Crippen LogP) is 1.68. The molecule has 0 aliphatic carbocycles. The van der Waals surface area contributed by atoms with Crippen LogP contribution in [0.2, 0.25) is 0 Å². The number of rotatable bonds is 4. The highest BCUT2D eigenvalue weighted by Crippen LogP contribution is 2.33. The second-order valence-corrected chi connectivity index (χ2v) is 6.05. The van der Waals surface area contributed by atoms with Crippen molar-refractivity contribution in [3.05, 3.63) is 45.3 Å². The van der Waals surface area contributed by atoms with Gasteiger partial charge in [-0.15, -0.1) is 11.3 Å². The molecule has 0 N–H and O–H groups in total. The number of carbonyl (C=O) groups is 1. The average Bonchev–Trinajstić information content (AvgIpc) is 3.19. The Morgan fingerprint density at radius 1 is 1.55 bits per heavy atom. The Bertz CT molecular complexity index is 711. The van der Waals surface area contributed by atoms with Gasteiger partial charge in [-0.05, 0) is 25.0 Å². The highest BCUT2D eigenvalue weighted by Gasteiger charge is 2.31. The fraction of sp³-hybridized carbons (Fsp3) is 0.400. The first-order valence-electron chi connectivity index (χ1n) is 7.13. The van der Waals surface area contributed by atoms with Crippen LogP contribution in [0.15, 0.2) is 34.7 Å². The molecule has 0 aromatic carbocycles. The molecule has 0 saturated carbocycles. The van der Waals surface area contributed by atoms with Gasteiger partial charge < -0.3 is 14.2 Å². The topological polar surface area (TPSA) is 64.4 Å². The smallest absolute Gasteiger partial charge is 0.293 e. The minimum Gasteiger partial charge on any atom is -0.491 e. The van der Waals surface area contributed by atoms with Gasteiger partial charge in [-0.2, -0.15) is 0 Å². The first-order chi connectivity index (χ1) is 10.7. The number of likely N-dealkylation sites (tertiary alicyclic amines) is 1. The van der Waals surface area contributed by atoms with E-state index in [1.165, 1.54) is 11.7 Å². The highest BCUT2D eigenvalue weighted by molar-refractivity contribution is 7.09. The molecule has 1 aliphatic heterocycles. The normalized spacial score (nSPS) is 17.7. The third-order valence-electron chi connectivity index (χ3n) is 3.82. The molecule has 2 aromatic heterocycles. The molecular formula is C15H17N3O3S. The number of nitrogens with zero attached hydrogens (tertiary/aromatic N) is 3. The van der Waals surface area contributed by atoms with Crippen LogP contribution in [0, 0.1) is 0 Å². The Labute approximate surface area is 132 Å². The van der Waals surface area contributed by atoms with Crippen LogP contribution in [-0.2, 0) is 11.3 Å². The van der Waals surface area contributed by atoms with Gasteiger partial charge in [-0.1, -0.05) is 0 Å². The van der Waals surface area contributed by atoms with E-state index in [0.29, 0.717) is 6.54 Å². The lowest BCUT2D eigenvalue weighted by molar-refractivity contribution is -0.132. The maximum Gasteiger partial charge on any atom is 0.293 e. The van der Waals surface area contributed by atoms with Gasteiger partial charge >= 0.3 is 0 Å². The van der Waals surface area contributed by atoms with Crippen LogP contribution in [0.5, 0.6) is 5.75 Å². The molecule has 1 saturated heterocycles. The highest BCUT2D eigenvalue weighted by atomic mass is 32.1. The van der Waals surface area contributed by atoms with Gasteiger partial charge in [0.05, 0.1) is 13.2 Å². The zero-order valence-electron chi connectivity index (χ0n) is 12.3. The third kappa shape index (κ3) is 2.76. The van der Waals surface area contributed by atoms with Gasteiger partial charge in [-0.3, -0.25) is 9.59 Å². The van der Waals surface area contributed by atoms with Crippen molar-refractivity contribution >= 4 is 17.2 Å². The van der Waals surface area contributed by atoms with Crippen molar-refractivity contribution in [2.45, 2.75) is 25.4 Å². The lowest BCUT2D eigenvalue weighted by atomic mass is 10.2. The zero-order valence-corrected chi connectivity index (χ0v) is 13.1. The largest absolute Gasteiger partial charge is 0.491 e. The van der Waals surface area contributed by atoms with E-state index in [2.05, 4.69) is 4.98 Å². The van der Waals surface area contributed by atoms with Gasteiger partial charge in [0.25, 0.3) is 5.56 Å². The first-order valence-corrected chi connectivity index (χ1v) is 8.01. The van der Waals surface area contributed by atoms with Crippen molar-refractivity contribution in [1.29, 1.82) is 0 Å². The molecule has 2 aromatic rings. The molecule has 1 atom stereocenters. The predicted molar refractivity (Wildman–Crippen MR) is 83.1 cm³/mol. The number of aromatic nitrogens is 2. The Balaban J connectivity index is 1.78. The minimum atomic E-state index is -0.289. The molecule has 1 unspecified atom stereocenters. The molecule has 7 heteroatoms. The summed E-state index contributed by atoms with van der Waals surface area (Å²) in [6, 6.07) is 3.33. The van der Waals surface area contributed by atoms with E-state index in [1.54, 1.807) is 35.9 Å². The summed E-state index contributed by atoms with van der Waals surface area (Å²) in [5, 5.41) is 2.88. The molecule has 1 aliphatic rings. The average molecular weight is 319 g/mol. The van der Waals surface area contributed by atoms with Crippen LogP contribution in [-0.4, -0.2) is 34.0 Å². The third-order valence-corrected chi connectivity index (χ3v) is 4.70. The number of hydrogen-bond donors (Lipinski definition) is 0. The summed E-state index contributed by atoms with van der Waals surface area (Å²) in [6.45, 7) is 0.736. The summed E-state index contributed by atoms with van der Waals surface area (Å²) in [5.41, 5.74) is -0.289. The lowest BCUT2D eigenvalue weighted by Crippen LogP contribution is -2.36. The molecule has 116 valence electrons. The number of carbonyl (C=O) groups excluding carboxylic acids is 1. The second-order valence-electron chi connectivity index (χ2n) is 5.13. The number of ether oxygens (including phenoxy) is 1. The van der Waals surface area contributed by atoms with E-state index < -0.39 is 0 Å². The fourth-order valence-corrected chi connectivity index (χ4v) is 3.54. The Hall–Kier alpha value is -2.15. The molecule has 0 bridgehead atoms. The molecule has 1 amide bonds. The molecule has 0 spiro atoms. The van der Waals surface area contributed by atoms with Gasteiger partial charge in [0.15, 0.2) is 5.75 Å². The molecule has 3 heterocycles. The maximum absolute atomic E-state index is 12.6. The summed E-state index contributed by atoms with van der Waals surface area (Å²) >= 11 is 1.56. The van der Waals surface area contributed by atoms with Crippen LogP contribution < -0.4 is 10.3 Å². The van der Waals surface area contributed by atoms with Crippen LogP contribution in [0.3, 0.4) is 0 Å². The van der Waals surface area contributed by atoms with E-state index in [9.17, 15) is 9.59 Å². The number of amides is 1. The number of thiazole rings is 1. The van der Waals surface area contributed by atoms with Gasteiger partial charge in [0, 0.05) is 24.3 Å². The molecular weight excluding hydrogens is 302 g/mol. The van der Waals surface area contributed by atoms with E-state index in [1.807, 2.05) is 10.3 Å². The molecule has 0 radical (unpaired) electrons. The number of pyridine rings is 1. The molecule has 22 heavy (non-hydrogen) atoms. The number of methoxy groups -OCH3 is 1. The monoisotopic (exact) mass is 319 g/mol. The Morgan fingerprint density at radius 2 is 2.41 bits per heavy atom. The fourth-order valence-electron chi connectivity index (χ4n) is 2.75. The van der Waals surface area contributed by atoms with Crippen molar-refractivity contribution in [3.63, 3.8) is 0 Å². The summed E-state index contributed by atoms with van der Waals surface area (Å²) in [5.74, 6) is 0.182. The van der Waals surface area contributed by atoms with Crippen LogP contribution in [0.25, 0.3) is 0 Å². The molecule has 6 nitrogen and oxygen atoms in total. The molecule has 3 rings (SSSR count). The minimum absolute atomic E-state index is 0.0257. The summed E-state index contributed by atoms with van der Waals surface area (Å²) < 4.78 is 6.39. The summed E-state index contributed by atoms with van der Waals surface area (Å²) in [6.07, 6.45) is 5.25. The summed E-state index contributed by atoms with van der Waals surface area (Å²) in [4.78, 5) is 30.8. The lowest BCUT2D eigenvalue weighted by Gasteiger charge is -2.23. The van der Waals surface area contributed by atoms with Gasteiger partial charge in [-0.25, -0.2) is 4.98 Å². The van der Waals surface area contributed by atoms with Crippen molar-refractivity contribution in [2.75, 3.05) is 13.7 Å². The van der Waals surface area contributed by atoms with Gasteiger partial charge in [0.1, 0.15) is 11.6 Å². The molecule has 1 fully saturated rings. The van der Waals surface area contributed by atoms with Crippen molar-refractivity contribution in [1.82, 2.24) is 14.5 Å². The van der Waals surface area contributed by atoms with E-state index in [-0.39, 0.29) is 29.8 Å². The number of hydrogen-bond acceptors (Lipinski definition) is 5. The van der Waals surface area contributed by atoms with E-state index >= 15 is 0 Å². The van der Waals surface area contributed by atoms with Crippen LogP contribution >= 0.6 is 11.3 Å². The quantitative estimate of drug-likeness (QED) is 0.860. The summed E-state index contributed by atoms with van der Waals surface area (Å²) in [7, 11) is 1.45. The van der Waals surface area contributed by atoms with Crippen molar-refractivity contribution in [3.8, 4) is 5.75 Å². The Morgan fingerprint density at radius 3 is 3.14 bits per heavy atom. The van der Waals surface area contributed by atoms with Gasteiger partial charge in [0.2, 0.25) is 5.91 Å². The SMILES string of the molecule is COc1cccn(CC(=O)N2CCCC2c2nccs2)c1=O. The van der Waals surface area contributed by atoms with Crippen molar-refractivity contribution < 1.29 is 9.53 Å². The van der Waals surface area contributed by atoms with E-state index in [0.717, 1.165) is 17.8 Å². The van der Waals surface area contributed by atoms with Crippen molar-refractivity contribution in [2.24, 2.45) is 0 Å². The van der Waals surface area contributed by atoms with E-state index in [4.69, 9.17) is 4.74 Å². The van der Waals surface area contributed by atoms with Crippen LogP contribution in [0.4, 0.5) is 0 Å². The zero-order chi connectivity index (χ0) is 15.5.